The summed E-state index contributed by atoms with van der Waals surface area (Å²) in [5, 5.41) is 6.75. The van der Waals surface area contributed by atoms with Gasteiger partial charge in [0, 0.05) is 12.6 Å². The topological polar surface area (TPSA) is 117 Å². The number of carbonyl (C=O) groups is 2. The fraction of sp³-hybridized carbons (Fsp3) is 0.286. The quantitative estimate of drug-likeness (QED) is 0.477. The Labute approximate surface area is 182 Å². The molecule has 9 nitrogen and oxygen atoms in total. The van der Waals surface area contributed by atoms with Crippen molar-refractivity contribution in [3.63, 3.8) is 0 Å². The minimum atomic E-state index is -3.74. The predicted molar refractivity (Wildman–Crippen MR) is 121 cm³/mol. The van der Waals surface area contributed by atoms with Crippen LogP contribution < -0.4 is 19.8 Å². The highest BCUT2D eigenvalue weighted by molar-refractivity contribution is 7.92. The Morgan fingerprint density at radius 2 is 1.61 bits per heavy atom. The van der Waals surface area contributed by atoms with Gasteiger partial charge < -0.3 is 10.1 Å². The Morgan fingerprint density at radius 1 is 1.03 bits per heavy atom. The number of nitrogens with zero attached hydrogens (tertiary/aromatic N) is 2. The summed E-state index contributed by atoms with van der Waals surface area (Å²) >= 11 is 0. The van der Waals surface area contributed by atoms with Gasteiger partial charge in [0.05, 0.1) is 24.8 Å². The number of anilines is 2. The van der Waals surface area contributed by atoms with Crippen LogP contribution in [0.15, 0.2) is 53.6 Å². The molecule has 2 aromatic rings. The van der Waals surface area contributed by atoms with E-state index in [2.05, 4.69) is 15.8 Å². The predicted octanol–water partition coefficient (Wildman–Crippen LogP) is 2.35. The van der Waals surface area contributed by atoms with Crippen LogP contribution in [0.25, 0.3) is 0 Å². The minimum absolute atomic E-state index is 0.174. The first-order valence-corrected chi connectivity index (χ1v) is 11.2. The van der Waals surface area contributed by atoms with E-state index in [1.807, 2.05) is 0 Å². The molecular formula is C21H26N4O5S. The summed E-state index contributed by atoms with van der Waals surface area (Å²) in [6, 6.07) is 12.3. The van der Waals surface area contributed by atoms with E-state index in [4.69, 9.17) is 4.74 Å². The van der Waals surface area contributed by atoms with Crippen molar-refractivity contribution in [1.29, 1.82) is 0 Å². The number of hydrogen-bond acceptors (Lipinski definition) is 6. The van der Waals surface area contributed by atoms with Crippen LogP contribution in [0.3, 0.4) is 0 Å². The lowest BCUT2D eigenvalue weighted by molar-refractivity contribution is -0.121. The van der Waals surface area contributed by atoms with Crippen molar-refractivity contribution >= 4 is 38.9 Å². The zero-order valence-electron chi connectivity index (χ0n) is 18.0. The van der Waals surface area contributed by atoms with Crippen LogP contribution in [0.4, 0.5) is 11.4 Å². The Balaban J connectivity index is 2.16. The van der Waals surface area contributed by atoms with Crippen LogP contribution in [0.5, 0.6) is 5.75 Å². The molecule has 1 atom stereocenters. The van der Waals surface area contributed by atoms with Crippen LogP contribution in [0, 0.1) is 0 Å². The molecule has 0 saturated carbocycles. The summed E-state index contributed by atoms with van der Waals surface area (Å²) in [5.41, 5.74) is 4.65. The van der Waals surface area contributed by atoms with Gasteiger partial charge in [-0.1, -0.05) is 12.1 Å². The van der Waals surface area contributed by atoms with Gasteiger partial charge in [0.2, 0.25) is 15.9 Å². The second kappa shape index (κ2) is 10.1. The van der Waals surface area contributed by atoms with E-state index in [0.717, 1.165) is 16.1 Å². The van der Waals surface area contributed by atoms with Crippen LogP contribution in [0.2, 0.25) is 0 Å². The molecule has 2 rings (SSSR count). The largest absolute Gasteiger partial charge is 0.497 e. The molecule has 2 amide bonds. The summed E-state index contributed by atoms with van der Waals surface area (Å²) in [5.74, 6) is -0.193. The van der Waals surface area contributed by atoms with Crippen molar-refractivity contribution in [3.05, 3.63) is 54.1 Å². The highest BCUT2D eigenvalue weighted by Gasteiger charge is 2.29. The second-order valence-corrected chi connectivity index (χ2v) is 8.72. The van der Waals surface area contributed by atoms with Gasteiger partial charge in [-0.15, -0.1) is 0 Å². The lowest BCUT2D eigenvalue weighted by atomic mass is 10.1. The number of methoxy groups -OCH3 is 1. The molecule has 10 heteroatoms. The van der Waals surface area contributed by atoms with Crippen LogP contribution in [0.1, 0.15) is 26.3 Å². The van der Waals surface area contributed by atoms with E-state index < -0.39 is 22.0 Å². The number of rotatable bonds is 8. The number of ether oxygens (including phenoxy) is 1. The molecule has 0 aliphatic rings. The maximum atomic E-state index is 12.6. The molecule has 0 unspecified atom stereocenters. The van der Waals surface area contributed by atoms with Crippen LogP contribution in [-0.4, -0.2) is 45.4 Å². The first-order chi connectivity index (χ1) is 14.5. The van der Waals surface area contributed by atoms with Gasteiger partial charge in [-0.05, 0) is 55.8 Å². The van der Waals surface area contributed by atoms with E-state index in [1.165, 1.54) is 21.0 Å². The number of hydrogen-bond donors (Lipinski definition) is 2. The molecule has 0 saturated heterocycles. The number of hydrazone groups is 1. The highest BCUT2D eigenvalue weighted by Crippen LogP contribution is 2.23. The molecule has 0 spiro atoms. The Bertz CT molecular complexity index is 1060. The summed E-state index contributed by atoms with van der Waals surface area (Å²) < 4.78 is 30.8. The lowest BCUT2D eigenvalue weighted by Gasteiger charge is -2.27. The van der Waals surface area contributed by atoms with E-state index in [0.29, 0.717) is 22.8 Å². The maximum absolute atomic E-state index is 12.6. The summed E-state index contributed by atoms with van der Waals surface area (Å²) in [4.78, 5) is 23.7. The standard InChI is InChI=1S/C21H26N4O5S/c1-14(17-6-8-18(9-7-17)22-16(3)26)23-24-21(27)15(2)25(31(5,28)29)19-10-12-20(30-4)13-11-19/h6-13,15H,1-5H3,(H,22,26)(H,24,27)/b23-14-/t15-/m0/s1. The van der Waals surface area contributed by atoms with E-state index in [9.17, 15) is 18.0 Å². The Hall–Kier alpha value is -3.40. The second-order valence-electron chi connectivity index (χ2n) is 6.86. The van der Waals surface area contributed by atoms with Crippen molar-refractivity contribution in [1.82, 2.24) is 5.43 Å². The third-order valence-electron chi connectivity index (χ3n) is 4.37. The van der Waals surface area contributed by atoms with Crippen molar-refractivity contribution in [3.8, 4) is 5.75 Å². The number of benzene rings is 2. The number of amides is 2. The van der Waals surface area contributed by atoms with Crippen molar-refractivity contribution in [2.45, 2.75) is 26.8 Å². The van der Waals surface area contributed by atoms with E-state index in [1.54, 1.807) is 55.5 Å². The summed E-state index contributed by atoms with van der Waals surface area (Å²) in [7, 11) is -2.23. The number of sulfonamides is 1. The summed E-state index contributed by atoms with van der Waals surface area (Å²) in [6.45, 7) is 4.60. The van der Waals surface area contributed by atoms with Crippen LogP contribution >= 0.6 is 0 Å². The molecule has 2 N–H and O–H groups in total. The van der Waals surface area contributed by atoms with Gasteiger partial charge in [-0.3, -0.25) is 13.9 Å². The van der Waals surface area contributed by atoms with Gasteiger partial charge in [0.1, 0.15) is 11.8 Å². The average Bonchev–Trinajstić information content (AvgIpc) is 2.71. The molecule has 0 bridgehead atoms. The zero-order valence-corrected chi connectivity index (χ0v) is 18.9. The van der Waals surface area contributed by atoms with Crippen molar-refractivity contribution in [2.75, 3.05) is 23.0 Å². The molecule has 0 radical (unpaired) electrons. The van der Waals surface area contributed by atoms with Gasteiger partial charge in [-0.25, -0.2) is 13.8 Å². The number of nitrogens with one attached hydrogen (secondary N) is 2. The van der Waals surface area contributed by atoms with E-state index in [-0.39, 0.29) is 5.91 Å². The minimum Gasteiger partial charge on any atom is -0.497 e. The first kappa shape index (κ1) is 23.9. The smallest absolute Gasteiger partial charge is 0.263 e. The SMILES string of the molecule is COc1ccc(N([C@@H](C)C(=O)N/N=C(/C)c2ccc(NC(C)=O)cc2)S(C)(=O)=O)cc1. The normalized spacial score (nSPS) is 12.6. The third kappa shape index (κ3) is 6.54. The summed E-state index contributed by atoms with van der Waals surface area (Å²) in [6.07, 6.45) is 1.03. The fourth-order valence-electron chi connectivity index (χ4n) is 2.83. The molecule has 166 valence electrons. The third-order valence-corrected chi connectivity index (χ3v) is 5.61. The maximum Gasteiger partial charge on any atom is 0.263 e. The molecule has 31 heavy (non-hydrogen) atoms. The van der Waals surface area contributed by atoms with Crippen molar-refractivity contribution in [2.24, 2.45) is 5.10 Å². The van der Waals surface area contributed by atoms with Gasteiger partial charge in [0.15, 0.2) is 0 Å². The average molecular weight is 447 g/mol. The molecule has 2 aromatic carbocycles. The molecule has 0 aromatic heterocycles. The first-order valence-electron chi connectivity index (χ1n) is 9.38. The van der Waals surface area contributed by atoms with Crippen molar-refractivity contribution < 1.29 is 22.7 Å². The Morgan fingerprint density at radius 3 is 2.10 bits per heavy atom. The van der Waals surface area contributed by atoms with Gasteiger partial charge in [-0.2, -0.15) is 5.10 Å². The monoisotopic (exact) mass is 446 g/mol. The Kier molecular flexibility index (Phi) is 7.76. The molecule has 0 fully saturated rings. The molecule has 0 aliphatic heterocycles. The highest BCUT2D eigenvalue weighted by atomic mass is 32.2. The van der Waals surface area contributed by atoms with E-state index >= 15 is 0 Å². The fourth-order valence-corrected chi connectivity index (χ4v) is 4.01. The van der Waals surface area contributed by atoms with Crippen LogP contribution in [-0.2, 0) is 19.6 Å². The lowest BCUT2D eigenvalue weighted by Crippen LogP contribution is -2.46. The molecule has 0 aliphatic carbocycles. The molecular weight excluding hydrogens is 420 g/mol. The van der Waals surface area contributed by atoms with Gasteiger partial charge >= 0.3 is 0 Å². The molecule has 0 heterocycles. The van der Waals surface area contributed by atoms with Gasteiger partial charge in [0.25, 0.3) is 5.91 Å². The zero-order chi connectivity index (χ0) is 23.2. The number of carbonyl (C=O) groups excluding carboxylic acids is 2.